The molecule has 0 amide bonds. The first-order valence-corrected chi connectivity index (χ1v) is 11.1. The summed E-state index contributed by atoms with van der Waals surface area (Å²) in [6.07, 6.45) is 3.07. The van der Waals surface area contributed by atoms with Crippen LogP contribution in [-0.4, -0.2) is 21.5 Å². The van der Waals surface area contributed by atoms with Gasteiger partial charge in [-0.2, -0.15) is 0 Å². The molecule has 5 rings (SSSR count). The van der Waals surface area contributed by atoms with Gasteiger partial charge in [0.05, 0.1) is 11.1 Å². The Labute approximate surface area is 169 Å². The van der Waals surface area contributed by atoms with Crippen LogP contribution in [0.2, 0.25) is 0 Å². The number of aromatic amines is 1. The Hall–Kier alpha value is -2.38. The van der Waals surface area contributed by atoms with Gasteiger partial charge >= 0.3 is 0 Å². The molecule has 0 aliphatic heterocycles. The van der Waals surface area contributed by atoms with E-state index in [9.17, 15) is 9.59 Å². The largest absolute Gasteiger partial charge is 0.453 e. The highest BCUT2D eigenvalue weighted by Gasteiger charge is 2.23. The SMILES string of the molecule is C[C@H]1CCc2c(sc3nc(SCC(=O)c4cc5ccccc5o4)[nH]c(=O)c23)C1. The summed E-state index contributed by atoms with van der Waals surface area (Å²) in [5, 5.41) is 2.12. The lowest BCUT2D eigenvalue weighted by atomic mass is 9.89. The Morgan fingerprint density at radius 1 is 1.39 bits per heavy atom. The van der Waals surface area contributed by atoms with E-state index in [4.69, 9.17) is 4.42 Å². The van der Waals surface area contributed by atoms with Crippen LogP contribution in [0.4, 0.5) is 0 Å². The maximum Gasteiger partial charge on any atom is 0.260 e. The van der Waals surface area contributed by atoms with Gasteiger partial charge < -0.3 is 9.40 Å². The standard InChI is InChI=1S/C21H18N2O3S2/c1-11-6-7-13-17(8-11)28-20-18(13)19(25)22-21(23-20)27-10-14(24)16-9-12-4-2-3-5-15(12)26-16/h2-5,9,11H,6-8,10H2,1H3,(H,22,23,25)/t11-/m0/s1. The lowest BCUT2D eigenvalue weighted by molar-refractivity contribution is 0.0994. The normalized spacial score (nSPS) is 16.5. The number of nitrogens with one attached hydrogen (secondary N) is 1. The predicted molar refractivity (Wildman–Crippen MR) is 113 cm³/mol. The first-order valence-electron chi connectivity index (χ1n) is 9.27. The van der Waals surface area contributed by atoms with Crippen LogP contribution >= 0.6 is 23.1 Å². The maximum atomic E-state index is 12.6. The molecule has 0 fully saturated rings. The van der Waals surface area contributed by atoms with Gasteiger partial charge in [-0.25, -0.2) is 4.98 Å². The number of H-pyrrole nitrogens is 1. The molecule has 0 saturated carbocycles. The smallest absolute Gasteiger partial charge is 0.260 e. The molecule has 1 N–H and O–H groups in total. The number of Topliss-reactive ketones (excluding diaryl/α,β-unsaturated/α-hetero) is 1. The van der Waals surface area contributed by atoms with E-state index in [0.29, 0.717) is 22.4 Å². The van der Waals surface area contributed by atoms with E-state index in [1.807, 2.05) is 24.3 Å². The molecule has 0 radical (unpaired) electrons. The monoisotopic (exact) mass is 410 g/mol. The summed E-state index contributed by atoms with van der Waals surface area (Å²) in [4.78, 5) is 34.7. The maximum absolute atomic E-state index is 12.6. The molecule has 1 aromatic carbocycles. The third-order valence-corrected chi connectivity index (χ3v) is 7.21. The number of para-hydroxylation sites is 1. The summed E-state index contributed by atoms with van der Waals surface area (Å²) in [5.74, 6) is 1.02. The number of thiophene rings is 1. The summed E-state index contributed by atoms with van der Waals surface area (Å²) < 4.78 is 5.62. The van der Waals surface area contributed by atoms with E-state index in [-0.39, 0.29) is 17.1 Å². The van der Waals surface area contributed by atoms with E-state index in [2.05, 4.69) is 16.9 Å². The Balaban J connectivity index is 1.39. The molecule has 4 aromatic rings. The van der Waals surface area contributed by atoms with Gasteiger partial charge in [-0.15, -0.1) is 11.3 Å². The number of nitrogens with zero attached hydrogens (tertiary/aromatic N) is 1. The molecular weight excluding hydrogens is 392 g/mol. The summed E-state index contributed by atoms with van der Waals surface area (Å²) in [7, 11) is 0. The molecule has 28 heavy (non-hydrogen) atoms. The van der Waals surface area contributed by atoms with Crippen molar-refractivity contribution in [1.29, 1.82) is 0 Å². The Bertz CT molecular complexity index is 1230. The zero-order valence-electron chi connectivity index (χ0n) is 15.3. The molecule has 0 spiro atoms. The number of benzene rings is 1. The molecular formula is C21H18N2O3S2. The zero-order chi connectivity index (χ0) is 19.3. The molecule has 0 saturated heterocycles. The van der Waals surface area contributed by atoms with Gasteiger partial charge in [0.25, 0.3) is 5.56 Å². The fourth-order valence-corrected chi connectivity index (χ4v) is 5.89. The van der Waals surface area contributed by atoms with Crippen LogP contribution in [0.3, 0.4) is 0 Å². The van der Waals surface area contributed by atoms with Crippen LogP contribution in [0.5, 0.6) is 0 Å². The van der Waals surface area contributed by atoms with Crippen LogP contribution in [0, 0.1) is 5.92 Å². The van der Waals surface area contributed by atoms with Crippen LogP contribution in [0.1, 0.15) is 34.3 Å². The zero-order valence-corrected chi connectivity index (χ0v) is 16.9. The molecule has 0 bridgehead atoms. The first kappa shape index (κ1) is 17.7. The van der Waals surface area contributed by atoms with Gasteiger partial charge in [0.1, 0.15) is 10.4 Å². The molecule has 5 nitrogen and oxygen atoms in total. The van der Waals surface area contributed by atoms with E-state index in [0.717, 1.165) is 34.9 Å². The average molecular weight is 411 g/mol. The van der Waals surface area contributed by atoms with Crippen molar-refractivity contribution in [1.82, 2.24) is 9.97 Å². The minimum Gasteiger partial charge on any atom is -0.453 e. The van der Waals surface area contributed by atoms with Crippen molar-refractivity contribution in [2.24, 2.45) is 5.92 Å². The third-order valence-electron chi connectivity index (χ3n) is 5.18. The molecule has 1 atom stereocenters. The summed E-state index contributed by atoms with van der Waals surface area (Å²) in [5.41, 5.74) is 1.76. The van der Waals surface area contributed by atoms with Crippen molar-refractivity contribution in [3.63, 3.8) is 0 Å². The molecule has 1 aliphatic carbocycles. The minimum absolute atomic E-state index is 0.101. The fraction of sp³-hybridized carbons (Fsp3) is 0.286. The Kier molecular flexibility index (Phi) is 4.36. The Morgan fingerprint density at radius 3 is 3.11 bits per heavy atom. The number of aryl methyl sites for hydroxylation is 1. The molecule has 7 heteroatoms. The number of rotatable bonds is 4. The number of furan rings is 1. The Morgan fingerprint density at radius 2 is 2.25 bits per heavy atom. The van der Waals surface area contributed by atoms with Crippen LogP contribution in [-0.2, 0) is 12.8 Å². The number of ketones is 1. The topological polar surface area (TPSA) is 76.0 Å². The van der Waals surface area contributed by atoms with Crippen molar-refractivity contribution in [3.8, 4) is 0 Å². The summed E-state index contributed by atoms with van der Waals surface area (Å²) in [6.45, 7) is 2.25. The van der Waals surface area contributed by atoms with Crippen molar-refractivity contribution >= 4 is 50.1 Å². The average Bonchev–Trinajstić information content (AvgIpc) is 3.26. The number of thioether (sulfide) groups is 1. The highest BCUT2D eigenvalue weighted by molar-refractivity contribution is 7.99. The van der Waals surface area contributed by atoms with Crippen molar-refractivity contribution in [3.05, 3.63) is 56.9 Å². The quantitative estimate of drug-likeness (QED) is 0.296. The number of hydrogen-bond donors (Lipinski definition) is 1. The van der Waals surface area contributed by atoms with Gasteiger partial charge in [0, 0.05) is 10.3 Å². The molecule has 0 unspecified atom stereocenters. The number of aromatic nitrogens is 2. The molecule has 142 valence electrons. The second-order valence-corrected chi connectivity index (χ2v) is 9.31. The molecule has 3 heterocycles. The molecule has 1 aliphatic rings. The number of carbonyl (C=O) groups is 1. The fourth-order valence-electron chi connectivity index (χ4n) is 3.72. The van der Waals surface area contributed by atoms with Crippen LogP contribution in [0.25, 0.3) is 21.2 Å². The van der Waals surface area contributed by atoms with Crippen LogP contribution < -0.4 is 5.56 Å². The van der Waals surface area contributed by atoms with Gasteiger partial charge in [-0.05, 0) is 42.9 Å². The van der Waals surface area contributed by atoms with Gasteiger partial charge in [0.15, 0.2) is 10.9 Å². The second kappa shape index (κ2) is 6.90. The lowest BCUT2D eigenvalue weighted by Crippen LogP contribution is -2.13. The highest BCUT2D eigenvalue weighted by atomic mass is 32.2. The number of carbonyl (C=O) groups excluding carboxylic acids is 1. The number of fused-ring (bicyclic) bond motifs is 4. The summed E-state index contributed by atoms with van der Waals surface area (Å²) in [6, 6.07) is 9.29. The van der Waals surface area contributed by atoms with E-state index in [1.165, 1.54) is 22.2 Å². The summed E-state index contributed by atoms with van der Waals surface area (Å²) >= 11 is 2.86. The lowest BCUT2D eigenvalue weighted by Gasteiger charge is -2.17. The van der Waals surface area contributed by atoms with E-state index < -0.39 is 0 Å². The molecule has 3 aromatic heterocycles. The number of hydrogen-bond acceptors (Lipinski definition) is 6. The van der Waals surface area contributed by atoms with Crippen LogP contribution in [0.15, 0.2) is 44.7 Å². The van der Waals surface area contributed by atoms with E-state index >= 15 is 0 Å². The van der Waals surface area contributed by atoms with Gasteiger partial charge in [0.2, 0.25) is 5.78 Å². The minimum atomic E-state index is -0.122. The van der Waals surface area contributed by atoms with E-state index in [1.54, 1.807) is 17.4 Å². The van der Waals surface area contributed by atoms with Crippen molar-refractivity contribution in [2.75, 3.05) is 5.75 Å². The van der Waals surface area contributed by atoms with Gasteiger partial charge in [-0.3, -0.25) is 9.59 Å². The van der Waals surface area contributed by atoms with Gasteiger partial charge in [-0.1, -0.05) is 36.9 Å². The predicted octanol–water partition coefficient (Wildman–Crippen LogP) is 4.83. The first-order chi connectivity index (χ1) is 13.6. The van der Waals surface area contributed by atoms with Crippen molar-refractivity contribution < 1.29 is 9.21 Å². The highest BCUT2D eigenvalue weighted by Crippen LogP contribution is 2.36. The third kappa shape index (κ3) is 3.08. The van der Waals surface area contributed by atoms with Crippen molar-refractivity contribution in [2.45, 2.75) is 31.3 Å². The second-order valence-electron chi connectivity index (χ2n) is 7.26.